The third-order valence-corrected chi connectivity index (χ3v) is 8.62. The fourth-order valence-electron chi connectivity index (χ4n) is 5.40. The summed E-state index contributed by atoms with van der Waals surface area (Å²) in [5.41, 5.74) is 1.52. The Bertz CT molecular complexity index is 1140. The van der Waals surface area contributed by atoms with Crippen LogP contribution >= 0.6 is 23.2 Å². The Kier molecular flexibility index (Phi) is 16.6. The minimum atomic E-state index is -0.0999. The normalized spacial score (nSPS) is 15.5. The molecule has 0 aromatic heterocycles. The number of amides is 2. The number of carbonyl (C=O) groups excluding carboxylic acids is 2. The summed E-state index contributed by atoms with van der Waals surface area (Å²) >= 11 is 11.9. The van der Waals surface area contributed by atoms with E-state index in [0.717, 1.165) is 69.5 Å². The second-order valence-electron chi connectivity index (χ2n) is 11.5. The average Bonchev–Trinajstić information content (AvgIpc) is 3.02. The molecule has 0 radical (unpaired) electrons. The van der Waals surface area contributed by atoms with E-state index < -0.39 is 0 Å². The molecule has 0 saturated carbocycles. The van der Waals surface area contributed by atoms with Crippen LogP contribution in [-0.2, 0) is 4.79 Å². The largest absolute Gasteiger partial charge is 0.494 e. The highest BCUT2D eigenvalue weighted by Crippen LogP contribution is 2.23. The van der Waals surface area contributed by atoms with E-state index >= 15 is 0 Å². The lowest BCUT2D eigenvalue weighted by Crippen LogP contribution is -2.36. The number of nitrogens with zero attached hydrogens (tertiary/aromatic N) is 1. The van der Waals surface area contributed by atoms with Gasteiger partial charge in [-0.15, -0.1) is 0 Å². The Morgan fingerprint density at radius 1 is 0.930 bits per heavy atom. The lowest BCUT2D eigenvalue weighted by molar-refractivity contribution is -0.116. The fourth-order valence-corrected chi connectivity index (χ4v) is 5.71. The molecule has 0 spiro atoms. The van der Waals surface area contributed by atoms with Crippen molar-refractivity contribution in [3.8, 4) is 5.75 Å². The highest BCUT2D eigenvalue weighted by atomic mass is 35.5. The fraction of sp³-hybridized carbons (Fsp3) is 0.543. The molecule has 2 aromatic carbocycles. The number of hydrogen-bond acceptors (Lipinski definition) is 4. The molecule has 0 aliphatic carbocycles. The van der Waals surface area contributed by atoms with Crippen LogP contribution in [0.25, 0.3) is 6.08 Å². The van der Waals surface area contributed by atoms with Crippen molar-refractivity contribution in [2.75, 3.05) is 39.3 Å². The molecule has 43 heavy (non-hydrogen) atoms. The molecule has 1 unspecified atom stereocenters. The first kappa shape index (κ1) is 34.9. The maximum atomic E-state index is 12.5. The van der Waals surface area contributed by atoms with Crippen LogP contribution in [0.1, 0.15) is 93.5 Å². The molecule has 2 amide bonds. The lowest BCUT2D eigenvalue weighted by Gasteiger charge is -2.32. The van der Waals surface area contributed by atoms with E-state index in [4.69, 9.17) is 27.9 Å². The minimum absolute atomic E-state index is 0.0153. The zero-order chi connectivity index (χ0) is 30.7. The molecule has 3 rings (SSSR count). The number of unbranched alkanes of at least 4 members (excludes halogenated alkanes) is 5. The maximum absolute atomic E-state index is 12.5. The van der Waals surface area contributed by atoms with Gasteiger partial charge in [-0.3, -0.25) is 9.59 Å². The number of benzene rings is 2. The summed E-state index contributed by atoms with van der Waals surface area (Å²) in [5.74, 6) is 1.41. The molecule has 236 valence electrons. The lowest BCUT2D eigenvalue weighted by atomic mass is 9.93. The van der Waals surface area contributed by atoms with Crippen molar-refractivity contribution < 1.29 is 14.3 Å². The van der Waals surface area contributed by atoms with Crippen molar-refractivity contribution >= 4 is 41.1 Å². The third kappa shape index (κ3) is 14.2. The standard InChI is InChI=1S/C35H49Cl2N3O3/c1-2-3-4-8-25-43-31-17-15-30(16-18-31)35(42)39-22-9-11-29-12-10-24-40(27-29)23-7-5-6-21-38-34(41)20-14-28-13-19-32(36)33(37)26-28/h13-20,26,29H,2-12,21-25,27H2,1H3,(H,38,41)(H,39,42)/b20-14+. The smallest absolute Gasteiger partial charge is 0.251 e. The van der Waals surface area contributed by atoms with Crippen molar-refractivity contribution in [1.82, 2.24) is 15.5 Å². The van der Waals surface area contributed by atoms with Crippen molar-refractivity contribution in [1.29, 1.82) is 0 Å². The Hall–Kier alpha value is -2.54. The topological polar surface area (TPSA) is 70.7 Å². The van der Waals surface area contributed by atoms with E-state index in [-0.39, 0.29) is 11.8 Å². The first-order valence-corrected chi connectivity index (χ1v) is 16.8. The number of piperidine rings is 1. The SMILES string of the molecule is CCCCCCOc1ccc(C(=O)NCCCC2CCCN(CCCCCNC(=O)/C=C/c3ccc(Cl)c(Cl)c3)C2)cc1. The van der Waals surface area contributed by atoms with Crippen molar-refractivity contribution in [2.45, 2.75) is 77.6 Å². The van der Waals surface area contributed by atoms with Gasteiger partial charge in [0.1, 0.15) is 5.75 Å². The number of nitrogens with one attached hydrogen (secondary N) is 2. The molecule has 1 saturated heterocycles. The van der Waals surface area contributed by atoms with Gasteiger partial charge in [0.05, 0.1) is 16.7 Å². The molecule has 2 aromatic rings. The summed E-state index contributed by atoms with van der Waals surface area (Å²) in [7, 11) is 0. The van der Waals surface area contributed by atoms with Gasteiger partial charge in [-0.05, 0) is 112 Å². The molecule has 8 heteroatoms. The van der Waals surface area contributed by atoms with Crippen LogP contribution in [0.4, 0.5) is 0 Å². The van der Waals surface area contributed by atoms with E-state index in [2.05, 4.69) is 22.5 Å². The maximum Gasteiger partial charge on any atom is 0.251 e. The van der Waals surface area contributed by atoms with Crippen LogP contribution in [0.2, 0.25) is 10.0 Å². The van der Waals surface area contributed by atoms with Gasteiger partial charge in [0, 0.05) is 31.3 Å². The van der Waals surface area contributed by atoms with Crippen LogP contribution in [-0.4, -0.2) is 56.0 Å². The Balaban J connectivity index is 1.20. The summed E-state index contributed by atoms with van der Waals surface area (Å²) < 4.78 is 5.78. The Morgan fingerprint density at radius 3 is 2.51 bits per heavy atom. The second-order valence-corrected chi connectivity index (χ2v) is 12.3. The van der Waals surface area contributed by atoms with E-state index in [1.807, 2.05) is 30.3 Å². The van der Waals surface area contributed by atoms with Crippen molar-refractivity contribution in [3.63, 3.8) is 0 Å². The van der Waals surface area contributed by atoms with E-state index in [9.17, 15) is 9.59 Å². The molecule has 1 aliphatic heterocycles. The average molecular weight is 631 g/mol. The van der Waals surface area contributed by atoms with Gasteiger partial charge in [-0.1, -0.05) is 61.9 Å². The van der Waals surface area contributed by atoms with Gasteiger partial charge in [0.15, 0.2) is 0 Å². The van der Waals surface area contributed by atoms with Crippen LogP contribution < -0.4 is 15.4 Å². The summed E-state index contributed by atoms with van der Waals surface area (Å²) in [6.07, 6.45) is 15.9. The molecular weight excluding hydrogens is 581 g/mol. The summed E-state index contributed by atoms with van der Waals surface area (Å²) in [6.45, 7) is 7.73. The quantitative estimate of drug-likeness (QED) is 0.121. The van der Waals surface area contributed by atoms with Crippen LogP contribution in [0.15, 0.2) is 48.5 Å². The molecule has 1 atom stereocenters. The van der Waals surface area contributed by atoms with E-state index in [1.54, 1.807) is 18.2 Å². The first-order valence-electron chi connectivity index (χ1n) is 16.1. The van der Waals surface area contributed by atoms with Crippen LogP contribution in [0.5, 0.6) is 5.75 Å². The number of hydrogen-bond donors (Lipinski definition) is 2. The van der Waals surface area contributed by atoms with Gasteiger partial charge < -0.3 is 20.3 Å². The number of halogens is 2. The van der Waals surface area contributed by atoms with Crippen LogP contribution in [0, 0.1) is 5.92 Å². The van der Waals surface area contributed by atoms with E-state index in [1.165, 1.54) is 44.7 Å². The molecule has 1 heterocycles. The number of rotatable bonds is 19. The Labute approximate surface area is 268 Å². The number of carbonyl (C=O) groups is 2. The van der Waals surface area contributed by atoms with Crippen molar-refractivity contribution in [2.24, 2.45) is 5.92 Å². The Morgan fingerprint density at radius 2 is 1.72 bits per heavy atom. The third-order valence-electron chi connectivity index (χ3n) is 7.88. The number of ether oxygens (including phenoxy) is 1. The zero-order valence-electron chi connectivity index (χ0n) is 25.7. The zero-order valence-corrected chi connectivity index (χ0v) is 27.2. The highest BCUT2D eigenvalue weighted by molar-refractivity contribution is 6.42. The van der Waals surface area contributed by atoms with E-state index in [0.29, 0.717) is 34.6 Å². The molecule has 0 bridgehead atoms. The minimum Gasteiger partial charge on any atom is -0.494 e. The predicted molar refractivity (Wildman–Crippen MR) is 179 cm³/mol. The van der Waals surface area contributed by atoms with Gasteiger partial charge in [-0.2, -0.15) is 0 Å². The molecule has 1 aliphatic rings. The van der Waals surface area contributed by atoms with Gasteiger partial charge in [-0.25, -0.2) is 0 Å². The first-order chi connectivity index (χ1) is 20.9. The molecule has 2 N–H and O–H groups in total. The summed E-state index contributed by atoms with van der Waals surface area (Å²) in [5, 5.41) is 7.01. The number of likely N-dealkylation sites (tertiary alicyclic amines) is 1. The molecular formula is C35H49Cl2N3O3. The van der Waals surface area contributed by atoms with Gasteiger partial charge >= 0.3 is 0 Å². The second kappa shape index (κ2) is 20.4. The monoisotopic (exact) mass is 629 g/mol. The van der Waals surface area contributed by atoms with Crippen LogP contribution in [0.3, 0.4) is 0 Å². The predicted octanol–water partition coefficient (Wildman–Crippen LogP) is 8.17. The van der Waals surface area contributed by atoms with Crippen molar-refractivity contribution in [3.05, 3.63) is 69.7 Å². The van der Waals surface area contributed by atoms with Gasteiger partial charge in [0.2, 0.25) is 5.91 Å². The molecule has 1 fully saturated rings. The highest BCUT2D eigenvalue weighted by Gasteiger charge is 2.19. The molecule has 6 nitrogen and oxygen atoms in total. The summed E-state index contributed by atoms with van der Waals surface area (Å²) in [4.78, 5) is 27.2. The summed E-state index contributed by atoms with van der Waals surface area (Å²) in [6, 6.07) is 12.8. The van der Waals surface area contributed by atoms with Gasteiger partial charge in [0.25, 0.3) is 5.91 Å².